The Morgan fingerprint density at radius 1 is 0.804 bits per heavy atom. The molecule has 0 aliphatic carbocycles. The normalized spacial score (nSPS) is 13.6. The monoisotopic (exact) mass is 870 g/mol. The van der Waals surface area contributed by atoms with Crippen LogP contribution in [0.25, 0.3) is 55.6 Å². The van der Waals surface area contributed by atoms with Crippen LogP contribution in [-0.4, -0.2) is 18.0 Å². The second-order valence-corrected chi connectivity index (χ2v) is 19.5. The van der Waals surface area contributed by atoms with E-state index >= 15 is 0 Å². The van der Waals surface area contributed by atoms with Crippen LogP contribution in [0.5, 0.6) is 0 Å². The van der Waals surface area contributed by atoms with Gasteiger partial charge in [0.15, 0.2) is 0 Å². The number of nitrogens with zero attached hydrogens (tertiary/aromatic N) is 2. The van der Waals surface area contributed by atoms with Gasteiger partial charge in [0.2, 0.25) is 0 Å². The van der Waals surface area contributed by atoms with E-state index in [0.717, 1.165) is 61.1 Å². The zero-order valence-corrected chi connectivity index (χ0v) is 34.3. The van der Waals surface area contributed by atoms with Gasteiger partial charge >= 0.3 is 0 Å². The van der Waals surface area contributed by atoms with Crippen molar-refractivity contribution in [3.05, 3.63) is 137 Å². The van der Waals surface area contributed by atoms with Crippen molar-refractivity contribution >= 4 is 35.2 Å². The molecule has 0 amide bonds. The van der Waals surface area contributed by atoms with E-state index in [0.29, 0.717) is 0 Å². The molecule has 0 unspecified atom stereocenters. The Morgan fingerprint density at radius 2 is 1.57 bits per heavy atom. The van der Waals surface area contributed by atoms with Crippen LogP contribution in [0, 0.1) is 32.8 Å². The summed E-state index contributed by atoms with van der Waals surface area (Å²) < 4.78 is 45.5. The molecule has 3 aromatic heterocycles. The fourth-order valence-electron chi connectivity index (χ4n) is 6.43. The Hall–Kier alpha value is -4.15. The number of benzene rings is 4. The molecule has 3 heterocycles. The molecule has 0 saturated carbocycles. The van der Waals surface area contributed by atoms with Gasteiger partial charge in [-0.3, -0.25) is 0 Å². The van der Waals surface area contributed by atoms with E-state index in [-0.39, 0.29) is 25.7 Å². The number of rotatable bonds is 6. The molecule has 0 spiro atoms. The molecule has 51 heavy (non-hydrogen) atoms. The summed E-state index contributed by atoms with van der Waals surface area (Å²) in [5, 5.41) is 3.32. The Kier molecular flexibility index (Phi) is 9.67. The fraction of sp³-hybridized carbons (Fsp3) is 0.261. The largest absolute Gasteiger partial charge is 0.501 e. The molecule has 0 N–H and O–H groups in total. The minimum absolute atomic E-state index is 0. The van der Waals surface area contributed by atoms with Gasteiger partial charge in [-0.2, -0.15) is 0 Å². The van der Waals surface area contributed by atoms with Crippen LogP contribution in [0.15, 0.2) is 102 Å². The van der Waals surface area contributed by atoms with Crippen molar-refractivity contribution in [2.24, 2.45) is 0 Å². The van der Waals surface area contributed by atoms with Gasteiger partial charge in [0.25, 0.3) is 0 Å². The van der Waals surface area contributed by atoms with Gasteiger partial charge in [0.1, 0.15) is 5.58 Å². The quantitative estimate of drug-likeness (QED) is 0.123. The first kappa shape index (κ1) is 31.6. The molecule has 263 valence electrons. The van der Waals surface area contributed by atoms with E-state index in [1.165, 1.54) is 27.9 Å². The zero-order chi connectivity index (χ0) is 40.1. The van der Waals surface area contributed by atoms with Crippen molar-refractivity contribution in [3.8, 4) is 33.6 Å². The summed E-state index contributed by atoms with van der Waals surface area (Å²) in [4.78, 5) is 9.12. The topological polar surface area (TPSA) is 38.9 Å². The number of aryl methyl sites for hydroxylation is 3. The summed E-state index contributed by atoms with van der Waals surface area (Å²) in [7, 11) is -1.61. The third kappa shape index (κ3) is 8.17. The summed E-state index contributed by atoms with van der Waals surface area (Å²) in [6, 6.07) is 33.8. The summed E-state index contributed by atoms with van der Waals surface area (Å²) >= 11 is 0. The number of furan rings is 1. The number of hydrogen-bond acceptors (Lipinski definition) is 3. The summed E-state index contributed by atoms with van der Waals surface area (Å²) in [5.74, 6) is -1.41. The smallest absolute Gasteiger partial charge is 0.121 e. The van der Waals surface area contributed by atoms with Crippen LogP contribution < -0.4 is 5.19 Å². The van der Waals surface area contributed by atoms with Gasteiger partial charge in [-0.25, -0.2) is 0 Å². The maximum Gasteiger partial charge on any atom is 0.121 e. The molecule has 4 aromatic carbocycles. The number of hydrogen-bond donors (Lipinski definition) is 0. The Balaban J connectivity index is 0.000000218. The molecule has 0 aliphatic heterocycles. The first-order valence-corrected chi connectivity index (χ1v) is 20.6. The maximum absolute atomic E-state index is 8.48. The molecule has 0 atom stereocenters. The minimum Gasteiger partial charge on any atom is -0.501 e. The first-order chi connectivity index (χ1) is 25.6. The number of aromatic nitrogens is 2. The molecular formula is C46H48IrN2OSi-2. The van der Waals surface area contributed by atoms with Crippen molar-refractivity contribution in [1.29, 1.82) is 0 Å². The van der Waals surface area contributed by atoms with Crippen molar-refractivity contribution in [3.63, 3.8) is 0 Å². The third-order valence-corrected chi connectivity index (χ3v) is 11.2. The molecule has 3 nitrogen and oxygen atoms in total. The summed E-state index contributed by atoms with van der Waals surface area (Å²) in [6.45, 7) is 16.4. The Bertz CT molecular complexity index is 2490. The average molecular weight is 870 g/mol. The first-order valence-electron chi connectivity index (χ1n) is 19.6. The van der Waals surface area contributed by atoms with Gasteiger partial charge in [-0.05, 0) is 76.6 Å². The van der Waals surface area contributed by atoms with Crippen LogP contribution >= 0.6 is 0 Å². The molecule has 1 radical (unpaired) electrons. The summed E-state index contributed by atoms with van der Waals surface area (Å²) in [6.07, 6.45) is 3.65. The fourth-order valence-corrected chi connectivity index (χ4v) is 8.02. The van der Waals surface area contributed by atoms with Crippen molar-refractivity contribution in [1.82, 2.24) is 9.97 Å². The van der Waals surface area contributed by atoms with Crippen LogP contribution in [-0.2, 0) is 20.1 Å². The average Bonchev–Trinajstić information content (AvgIpc) is 3.48. The molecule has 7 rings (SSSR count). The number of pyridine rings is 2. The molecule has 0 fully saturated rings. The SMILES string of the molecule is [2H]C(C)(C)c1ccnc(-c2[c-]ccc3c2oc2cc(-c4c(C)cccc4C)ccc23)c1.[2H]C([2H])([2H])c1c[c-]c(-c2cc(C([2H])(C)C)c([Si](C)(C)C)cn2)cc1.[Ir]. The van der Waals surface area contributed by atoms with E-state index in [4.69, 9.17) is 11.3 Å². The van der Waals surface area contributed by atoms with Gasteiger partial charge < -0.3 is 14.4 Å². The predicted octanol–water partition coefficient (Wildman–Crippen LogP) is 12.4. The molecule has 0 aliphatic rings. The number of fused-ring (bicyclic) bond motifs is 3. The van der Waals surface area contributed by atoms with Crippen LogP contribution in [0.2, 0.25) is 19.6 Å². The molecule has 7 aromatic rings. The van der Waals surface area contributed by atoms with E-state index in [9.17, 15) is 0 Å². The standard InChI is InChI=1S/C28H24NO.C18H24NSi.Ir/c1-17(2)20-13-14-29-25(15-20)24-10-6-9-23-22-12-11-21(16-26(22)30-28(23)24)27-18(3)7-5-8-19(27)4;1-13(2)16-11-17(15-9-7-14(3)8-10-15)19-12-18(16)20(4,5)6;/h5-9,11-17H,1-4H3;7-9,11-13H,1-6H3;/q2*-1;/i17D;3D3,13D;. The van der Waals surface area contributed by atoms with Gasteiger partial charge in [-0.1, -0.05) is 119 Å². The van der Waals surface area contributed by atoms with Crippen molar-refractivity contribution in [2.75, 3.05) is 0 Å². The Morgan fingerprint density at radius 3 is 2.22 bits per heavy atom. The van der Waals surface area contributed by atoms with Crippen molar-refractivity contribution in [2.45, 2.75) is 79.8 Å². The van der Waals surface area contributed by atoms with Gasteiger partial charge in [0, 0.05) is 44.7 Å². The maximum atomic E-state index is 8.48. The summed E-state index contributed by atoms with van der Waals surface area (Å²) in [5.41, 5.74) is 11.8. The van der Waals surface area contributed by atoms with Crippen molar-refractivity contribution < 1.29 is 31.4 Å². The molecule has 5 heteroatoms. The third-order valence-electron chi connectivity index (χ3n) is 9.14. The minimum atomic E-state index is -2.13. The van der Waals surface area contributed by atoms with E-state index in [1.807, 2.05) is 64.2 Å². The van der Waals surface area contributed by atoms with Crippen LogP contribution in [0.4, 0.5) is 0 Å². The van der Waals surface area contributed by atoms with E-state index < -0.39 is 26.7 Å². The zero-order valence-electron chi connectivity index (χ0n) is 35.9. The molecule has 0 saturated heterocycles. The molecule has 0 bridgehead atoms. The molecular weight excluding hydrogens is 817 g/mol. The Labute approximate surface area is 326 Å². The van der Waals surface area contributed by atoms with Gasteiger partial charge in [-0.15, -0.1) is 53.6 Å². The van der Waals surface area contributed by atoms with E-state index in [2.05, 4.69) is 92.0 Å². The van der Waals surface area contributed by atoms with Crippen LogP contribution in [0.3, 0.4) is 0 Å². The van der Waals surface area contributed by atoms with Crippen LogP contribution in [0.1, 0.15) is 74.2 Å². The second kappa shape index (κ2) is 15.6. The van der Waals surface area contributed by atoms with E-state index in [1.54, 1.807) is 18.3 Å². The second-order valence-electron chi connectivity index (χ2n) is 14.5. The van der Waals surface area contributed by atoms with Gasteiger partial charge in [0.05, 0.1) is 13.7 Å². The predicted molar refractivity (Wildman–Crippen MR) is 215 cm³/mol.